The highest BCUT2D eigenvalue weighted by molar-refractivity contribution is 7.91. The molecule has 1 fully saturated rings. The Bertz CT molecular complexity index is 321. The van der Waals surface area contributed by atoms with E-state index in [1.807, 2.05) is 0 Å². The molecule has 1 atom stereocenters. The lowest BCUT2D eigenvalue weighted by Crippen LogP contribution is -2.43. The second-order valence-electron chi connectivity index (χ2n) is 5.37. The van der Waals surface area contributed by atoms with Crippen LogP contribution in [0.1, 0.15) is 46.0 Å². The summed E-state index contributed by atoms with van der Waals surface area (Å²) in [6.07, 6.45) is 5.61. The van der Waals surface area contributed by atoms with Gasteiger partial charge in [-0.2, -0.15) is 0 Å². The zero-order valence-electron chi connectivity index (χ0n) is 11.6. The van der Waals surface area contributed by atoms with Gasteiger partial charge in [0, 0.05) is 24.9 Å². The number of aliphatic hydroxyl groups is 1. The summed E-state index contributed by atoms with van der Waals surface area (Å²) in [5, 5.41) is 9.55. The average Bonchev–Trinajstić information content (AvgIpc) is 2.35. The Morgan fingerprint density at radius 3 is 2.39 bits per heavy atom. The van der Waals surface area contributed by atoms with Gasteiger partial charge in [0.05, 0.1) is 11.9 Å². The zero-order valence-corrected chi connectivity index (χ0v) is 12.5. The minimum atomic E-state index is -2.91. The number of hydrogen-bond acceptors (Lipinski definition) is 4. The monoisotopic (exact) mass is 277 g/mol. The van der Waals surface area contributed by atoms with Gasteiger partial charge in [-0.1, -0.05) is 26.2 Å². The van der Waals surface area contributed by atoms with Crippen molar-refractivity contribution in [3.8, 4) is 0 Å². The van der Waals surface area contributed by atoms with Gasteiger partial charge in [-0.15, -0.1) is 0 Å². The molecule has 108 valence electrons. The van der Waals surface area contributed by atoms with Gasteiger partial charge in [0.1, 0.15) is 0 Å². The standard InChI is InChI=1S/C13H27NO3S/c1-3-18(16,17)10-9-14(11-12(2)15)13-7-5-4-6-8-13/h12-13,15H,3-11H2,1-2H3. The normalized spacial score (nSPS) is 20.2. The molecule has 0 spiro atoms. The average molecular weight is 277 g/mol. The fourth-order valence-corrected chi connectivity index (χ4v) is 3.41. The molecule has 1 N–H and O–H groups in total. The van der Waals surface area contributed by atoms with E-state index in [-0.39, 0.29) is 11.5 Å². The van der Waals surface area contributed by atoms with Gasteiger partial charge in [0.15, 0.2) is 9.84 Å². The van der Waals surface area contributed by atoms with E-state index in [2.05, 4.69) is 4.90 Å². The third-order valence-electron chi connectivity index (χ3n) is 3.72. The van der Waals surface area contributed by atoms with E-state index in [9.17, 15) is 13.5 Å². The number of hydrogen-bond donors (Lipinski definition) is 1. The molecule has 1 rings (SSSR count). The van der Waals surface area contributed by atoms with Gasteiger partial charge >= 0.3 is 0 Å². The van der Waals surface area contributed by atoms with Crippen molar-refractivity contribution >= 4 is 9.84 Å². The van der Waals surface area contributed by atoms with Crippen molar-refractivity contribution in [1.29, 1.82) is 0 Å². The largest absolute Gasteiger partial charge is 0.392 e. The van der Waals surface area contributed by atoms with E-state index in [4.69, 9.17) is 0 Å². The molecule has 1 unspecified atom stereocenters. The fourth-order valence-electron chi connectivity index (χ4n) is 2.61. The molecule has 1 aliphatic carbocycles. The lowest BCUT2D eigenvalue weighted by Gasteiger charge is -2.35. The van der Waals surface area contributed by atoms with Gasteiger partial charge in [-0.25, -0.2) is 8.42 Å². The van der Waals surface area contributed by atoms with E-state index in [1.165, 1.54) is 19.3 Å². The number of sulfone groups is 1. The highest BCUT2D eigenvalue weighted by Gasteiger charge is 2.23. The van der Waals surface area contributed by atoms with Crippen molar-refractivity contribution in [2.24, 2.45) is 0 Å². The number of nitrogens with zero attached hydrogens (tertiary/aromatic N) is 1. The van der Waals surface area contributed by atoms with Crippen molar-refractivity contribution in [3.63, 3.8) is 0 Å². The van der Waals surface area contributed by atoms with Crippen LogP contribution in [0.15, 0.2) is 0 Å². The third-order valence-corrected chi connectivity index (χ3v) is 5.40. The van der Waals surface area contributed by atoms with Crippen LogP contribution in [-0.2, 0) is 9.84 Å². The summed E-state index contributed by atoms with van der Waals surface area (Å²) in [4.78, 5) is 2.18. The minimum absolute atomic E-state index is 0.209. The van der Waals surface area contributed by atoms with Crippen LogP contribution in [0.2, 0.25) is 0 Å². The van der Waals surface area contributed by atoms with Crippen LogP contribution < -0.4 is 0 Å². The van der Waals surface area contributed by atoms with Gasteiger partial charge in [-0.05, 0) is 19.8 Å². The van der Waals surface area contributed by atoms with Crippen LogP contribution in [0.5, 0.6) is 0 Å². The predicted molar refractivity (Wildman–Crippen MR) is 74.5 cm³/mol. The number of aliphatic hydroxyl groups excluding tert-OH is 1. The first-order valence-electron chi connectivity index (χ1n) is 7.07. The summed E-state index contributed by atoms with van der Waals surface area (Å²) in [5.41, 5.74) is 0. The second kappa shape index (κ2) is 7.46. The molecule has 0 saturated heterocycles. The molecular formula is C13H27NO3S. The first kappa shape index (κ1) is 15.9. The predicted octanol–water partition coefficient (Wildman–Crippen LogP) is 1.44. The van der Waals surface area contributed by atoms with Crippen LogP contribution in [0.4, 0.5) is 0 Å². The second-order valence-corrected chi connectivity index (χ2v) is 7.84. The minimum Gasteiger partial charge on any atom is -0.392 e. The van der Waals surface area contributed by atoms with Crippen LogP contribution >= 0.6 is 0 Å². The smallest absolute Gasteiger partial charge is 0.151 e. The highest BCUT2D eigenvalue weighted by atomic mass is 32.2. The third kappa shape index (κ3) is 5.67. The van der Waals surface area contributed by atoms with E-state index in [0.29, 0.717) is 19.1 Å². The van der Waals surface area contributed by atoms with Gasteiger partial charge < -0.3 is 5.11 Å². The molecular weight excluding hydrogens is 250 g/mol. The molecule has 0 aliphatic heterocycles. The first-order chi connectivity index (χ1) is 8.44. The molecule has 0 aromatic heterocycles. The van der Waals surface area contributed by atoms with Crippen LogP contribution in [0.25, 0.3) is 0 Å². The van der Waals surface area contributed by atoms with E-state index >= 15 is 0 Å². The SMILES string of the molecule is CCS(=O)(=O)CCN(CC(C)O)C1CCCCC1. The maximum atomic E-state index is 11.6. The van der Waals surface area contributed by atoms with Gasteiger partial charge in [-0.3, -0.25) is 4.90 Å². The maximum Gasteiger partial charge on any atom is 0.151 e. The fraction of sp³-hybridized carbons (Fsp3) is 1.00. The van der Waals surface area contributed by atoms with Crippen molar-refractivity contribution in [2.45, 2.75) is 58.1 Å². The van der Waals surface area contributed by atoms with E-state index in [0.717, 1.165) is 12.8 Å². The summed E-state index contributed by atoms with van der Waals surface area (Å²) in [7, 11) is -2.91. The molecule has 1 aliphatic rings. The Hall–Kier alpha value is -0.130. The molecule has 0 aromatic carbocycles. The van der Waals surface area contributed by atoms with Crippen LogP contribution in [-0.4, -0.2) is 55.2 Å². The summed E-state index contributed by atoms with van der Waals surface area (Å²) in [5.74, 6) is 0.424. The van der Waals surface area contributed by atoms with Crippen LogP contribution in [0.3, 0.4) is 0 Å². The summed E-state index contributed by atoms with van der Waals surface area (Å²) in [6, 6.07) is 0.459. The number of rotatable bonds is 7. The van der Waals surface area contributed by atoms with E-state index < -0.39 is 15.9 Å². The quantitative estimate of drug-likeness (QED) is 0.765. The molecule has 1 saturated carbocycles. The molecule has 5 heteroatoms. The molecule has 0 radical (unpaired) electrons. The molecule has 0 bridgehead atoms. The lowest BCUT2D eigenvalue weighted by molar-refractivity contribution is 0.0872. The Morgan fingerprint density at radius 2 is 1.89 bits per heavy atom. The lowest BCUT2D eigenvalue weighted by atomic mass is 9.94. The van der Waals surface area contributed by atoms with Crippen molar-refractivity contribution in [3.05, 3.63) is 0 Å². The van der Waals surface area contributed by atoms with E-state index in [1.54, 1.807) is 13.8 Å². The summed E-state index contributed by atoms with van der Waals surface area (Å²) < 4.78 is 23.2. The maximum absolute atomic E-state index is 11.6. The van der Waals surface area contributed by atoms with Crippen molar-refractivity contribution in [1.82, 2.24) is 4.90 Å². The van der Waals surface area contributed by atoms with Crippen molar-refractivity contribution < 1.29 is 13.5 Å². The molecule has 0 aromatic rings. The Balaban J connectivity index is 2.54. The van der Waals surface area contributed by atoms with Crippen molar-refractivity contribution in [2.75, 3.05) is 24.6 Å². The highest BCUT2D eigenvalue weighted by Crippen LogP contribution is 2.22. The zero-order chi connectivity index (χ0) is 13.6. The van der Waals surface area contributed by atoms with Gasteiger partial charge in [0.2, 0.25) is 0 Å². The van der Waals surface area contributed by atoms with Crippen LogP contribution in [0, 0.1) is 0 Å². The Kier molecular flexibility index (Phi) is 6.60. The topological polar surface area (TPSA) is 57.6 Å². The first-order valence-corrected chi connectivity index (χ1v) is 8.89. The molecule has 18 heavy (non-hydrogen) atoms. The summed E-state index contributed by atoms with van der Waals surface area (Å²) in [6.45, 7) is 4.61. The van der Waals surface area contributed by atoms with Gasteiger partial charge in [0.25, 0.3) is 0 Å². The Labute approximate surface area is 111 Å². The molecule has 0 amide bonds. The molecule has 4 nitrogen and oxygen atoms in total. The Morgan fingerprint density at radius 1 is 1.28 bits per heavy atom. The summed E-state index contributed by atoms with van der Waals surface area (Å²) >= 11 is 0. The molecule has 0 heterocycles.